The molecule has 0 radical (unpaired) electrons. The first-order chi connectivity index (χ1) is 10.5. The summed E-state index contributed by atoms with van der Waals surface area (Å²) in [6, 6.07) is 8.33. The van der Waals surface area contributed by atoms with Crippen molar-refractivity contribution in [2.45, 2.75) is 19.6 Å². The van der Waals surface area contributed by atoms with Crippen molar-refractivity contribution < 1.29 is 4.74 Å². The van der Waals surface area contributed by atoms with Crippen LogP contribution in [0.5, 0.6) is 0 Å². The molecule has 3 rings (SSSR count). The summed E-state index contributed by atoms with van der Waals surface area (Å²) in [7, 11) is 1.88. The molecular formula is C16H19BrClN3O. The predicted octanol–water partition coefficient (Wildman–Crippen LogP) is 3.72. The van der Waals surface area contributed by atoms with Gasteiger partial charge in [0.25, 0.3) is 0 Å². The molecule has 1 aromatic heterocycles. The molecule has 1 aliphatic rings. The lowest BCUT2D eigenvalue weighted by Gasteiger charge is -2.33. The van der Waals surface area contributed by atoms with E-state index in [-0.39, 0.29) is 6.10 Å². The van der Waals surface area contributed by atoms with Gasteiger partial charge in [0.1, 0.15) is 5.15 Å². The normalized spacial score (nSPS) is 19.5. The Labute approximate surface area is 144 Å². The Morgan fingerprint density at radius 2 is 2.09 bits per heavy atom. The van der Waals surface area contributed by atoms with E-state index in [2.05, 4.69) is 50.2 Å². The molecule has 1 fully saturated rings. The van der Waals surface area contributed by atoms with E-state index in [0.29, 0.717) is 0 Å². The van der Waals surface area contributed by atoms with E-state index in [1.165, 1.54) is 5.56 Å². The van der Waals surface area contributed by atoms with Gasteiger partial charge in [0, 0.05) is 36.7 Å². The minimum Gasteiger partial charge on any atom is -0.371 e. The molecule has 0 saturated carbocycles. The second-order valence-corrected chi connectivity index (χ2v) is 6.90. The molecule has 1 saturated heterocycles. The maximum atomic E-state index is 6.34. The molecule has 2 heterocycles. The molecule has 1 unspecified atom stereocenters. The highest BCUT2D eigenvalue weighted by Crippen LogP contribution is 2.27. The molecule has 1 aliphatic heterocycles. The zero-order chi connectivity index (χ0) is 15.7. The first kappa shape index (κ1) is 16.0. The van der Waals surface area contributed by atoms with Crippen LogP contribution in [-0.4, -0.2) is 34.4 Å². The van der Waals surface area contributed by atoms with E-state index < -0.39 is 0 Å². The monoisotopic (exact) mass is 383 g/mol. The summed E-state index contributed by atoms with van der Waals surface area (Å²) < 4.78 is 8.75. The summed E-state index contributed by atoms with van der Waals surface area (Å²) in [5, 5.41) is 5.11. The molecule has 22 heavy (non-hydrogen) atoms. The lowest BCUT2D eigenvalue weighted by molar-refractivity contribution is -0.0329. The summed E-state index contributed by atoms with van der Waals surface area (Å²) in [6.07, 6.45) is 0.109. The third kappa shape index (κ3) is 3.38. The fourth-order valence-electron chi connectivity index (χ4n) is 2.80. The quantitative estimate of drug-likeness (QED) is 0.808. The van der Waals surface area contributed by atoms with E-state index in [4.69, 9.17) is 16.3 Å². The summed E-state index contributed by atoms with van der Waals surface area (Å²) in [5.74, 6) is 0. The number of morpholine rings is 1. The Morgan fingerprint density at radius 1 is 1.36 bits per heavy atom. The number of aryl methyl sites for hydroxylation is 2. The van der Waals surface area contributed by atoms with Gasteiger partial charge < -0.3 is 4.74 Å². The van der Waals surface area contributed by atoms with Gasteiger partial charge in [-0.2, -0.15) is 5.10 Å². The van der Waals surface area contributed by atoms with Crippen LogP contribution in [0.2, 0.25) is 5.15 Å². The largest absolute Gasteiger partial charge is 0.371 e. The molecule has 0 spiro atoms. The lowest BCUT2D eigenvalue weighted by atomic mass is 10.1. The minimum absolute atomic E-state index is 0.109. The smallest absolute Gasteiger partial charge is 0.131 e. The summed E-state index contributed by atoms with van der Waals surface area (Å²) in [4.78, 5) is 2.38. The first-order valence-electron chi connectivity index (χ1n) is 7.32. The molecule has 1 aromatic carbocycles. The van der Waals surface area contributed by atoms with Crippen LogP contribution in [0.3, 0.4) is 0 Å². The van der Waals surface area contributed by atoms with Crippen molar-refractivity contribution in [2.75, 3.05) is 19.7 Å². The van der Waals surface area contributed by atoms with Crippen molar-refractivity contribution in [2.24, 2.45) is 7.05 Å². The fourth-order valence-corrected chi connectivity index (χ4v) is 3.30. The standard InChI is InChI=1S/C16H19BrClN3O/c1-11-14(16(18)20(2)19-11)9-21-7-8-22-15(10-21)12-3-5-13(17)6-4-12/h3-6,15H,7-10H2,1-2H3. The third-order valence-corrected chi connectivity index (χ3v) is 5.05. The predicted molar refractivity (Wildman–Crippen MR) is 91.1 cm³/mol. The number of aromatic nitrogens is 2. The second-order valence-electron chi connectivity index (χ2n) is 5.62. The highest BCUT2D eigenvalue weighted by molar-refractivity contribution is 9.10. The highest BCUT2D eigenvalue weighted by Gasteiger charge is 2.24. The Balaban J connectivity index is 1.72. The average Bonchev–Trinajstić information content (AvgIpc) is 2.75. The highest BCUT2D eigenvalue weighted by atomic mass is 79.9. The summed E-state index contributed by atoms with van der Waals surface area (Å²) in [5.41, 5.74) is 3.32. The van der Waals surface area contributed by atoms with E-state index in [1.807, 2.05) is 14.0 Å². The number of nitrogens with zero attached hydrogens (tertiary/aromatic N) is 3. The van der Waals surface area contributed by atoms with Gasteiger partial charge >= 0.3 is 0 Å². The van der Waals surface area contributed by atoms with Crippen LogP contribution in [0.15, 0.2) is 28.7 Å². The van der Waals surface area contributed by atoms with Crippen molar-refractivity contribution in [3.8, 4) is 0 Å². The third-order valence-electron chi connectivity index (χ3n) is 4.04. The van der Waals surface area contributed by atoms with Gasteiger partial charge in [-0.05, 0) is 24.6 Å². The number of hydrogen-bond acceptors (Lipinski definition) is 3. The lowest BCUT2D eigenvalue weighted by Crippen LogP contribution is -2.37. The molecule has 4 nitrogen and oxygen atoms in total. The molecule has 0 bridgehead atoms. The van der Waals surface area contributed by atoms with Crippen LogP contribution >= 0.6 is 27.5 Å². The van der Waals surface area contributed by atoms with E-state index in [9.17, 15) is 0 Å². The second kappa shape index (κ2) is 6.71. The average molecular weight is 385 g/mol. The molecule has 1 atom stereocenters. The summed E-state index contributed by atoms with van der Waals surface area (Å²) in [6.45, 7) is 5.34. The Morgan fingerprint density at radius 3 is 2.73 bits per heavy atom. The van der Waals surface area contributed by atoms with E-state index in [0.717, 1.165) is 47.1 Å². The number of halogens is 2. The van der Waals surface area contributed by atoms with Gasteiger partial charge in [-0.15, -0.1) is 0 Å². The fraction of sp³-hybridized carbons (Fsp3) is 0.438. The van der Waals surface area contributed by atoms with Gasteiger partial charge in [-0.3, -0.25) is 9.58 Å². The van der Waals surface area contributed by atoms with Crippen LogP contribution in [-0.2, 0) is 18.3 Å². The van der Waals surface area contributed by atoms with Gasteiger partial charge in [0.05, 0.1) is 18.4 Å². The molecular weight excluding hydrogens is 366 g/mol. The van der Waals surface area contributed by atoms with Crippen molar-refractivity contribution in [3.63, 3.8) is 0 Å². The Kier molecular flexibility index (Phi) is 4.88. The number of ether oxygens (including phenoxy) is 1. The number of benzene rings is 1. The Hall–Kier alpha value is -0.880. The van der Waals surface area contributed by atoms with Gasteiger partial charge in [-0.1, -0.05) is 39.7 Å². The van der Waals surface area contributed by atoms with E-state index in [1.54, 1.807) is 4.68 Å². The van der Waals surface area contributed by atoms with Crippen LogP contribution in [0.4, 0.5) is 0 Å². The van der Waals surface area contributed by atoms with Crippen LogP contribution in [0.1, 0.15) is 22.9 Å². The molecule has 118 valence electrons. The van der Waals surface area contributed by atoms with Crippen LogP contribution in [0, 0.1) is 6.92 Å². The molecule has 0 aliphatic carbocycles. The van der Waals surface area contributed by atoms with Gasteiger partial charge in [0.2, 0.25) is 0 Å². The zero-order valence-electron chi connectivity index (χ0n) is 12.7. The molecule has 0 amide bonds. The maximum Gasteiger partial charge on any atom is 0.131 e. The molecule has 0 N–H and O–H groups in total. The van der Waals surface area contributed by atoms with Crippen molar-refractivity contribution in [3.05, 3.63) is 50.7 Å². The number of hydrogen-bond donors (Lipinski definition) is 0. The van der Waals surface area contributed by atoms with Gasteiger partial charge in [0.15, 0.2) is 0 Å². The van der Waals surface area contributed by atoms with Crippen molar-refractivity contribution in [1.82, 2.24) is 14.7 Å². The molecule has 2 aromatic rings. The zero-order valence-corrected chi connectivity index (χ0v) is 15.1. The molecule has 6 heteroatoms. The van der Waals surface area contributed by atoms with E-state index >= 15 is 0 Å². The minimum atomic E-state index is 0.109. The van der Waals surface area contributed by atoms with Crippen LogP contribution < -0.4 is 0 Å². The van der Waals surface area contributed by atoms with Gasteiger partial charge in [-0.25, -0.2) is 0 Å². The van der Waals surface area contributed by atoms with Crippen molar-refractivity contribution >= 4 is 27.5 Å². The van der Waals surface area contributed by atoms with Crippen LogP contribution in [0.25, 0.3) is 0 Å². The SMILES string of the molecule is Cc1nn(C)c(Cl)c1CN1CCOC(c2ccc(Br)cc2)C1. The summed E-state index contributed by atoms with van der Waals surface area (Å²) >= 11 is 9.81. The maximum absolute atomic E-state index is 6.34. The Bertz CT molecular complexity index is 656. The number of rotatable bonds is 3. The van der Waals surface area contributed by atoms with Crippen molar-refractivity contribution in [1.29, 1.82) is 0 Å². The first-order valence-corrected chi connectivity index (χ1v) is 8.49. The topological polar surface area (TPSA) is 30.3 Å².